The lowest BCUT2D eigenvalue weighted by molar-refractivity contribution is -0.126. The van der Waals surface area contributed by atoms with Crippen molar-refractivity contribution in [2.75, 3.05) is 20.2 Å². The molecule has 1 atom stereocenters. The third-order valence-electron chi connectivity index (χ3n) is 3.64. The summed E-state index contributed by atoms with van der Waals surface area (Å²) in [5.74, 6) is 0.816. The first kappa shape index (κ1) is 13.9. The van der Waals surface area contributed by atoms with Crippen LogP contribution in [0.5, 0.6) is 5.75 Å². The fraction of sp³-hybridized carbons (Fsp3) is 0.533. The number of carbonyl (C=O) groups excluding carboxylic acids is 1. The molecule has 1 aromatic rings. The molecule has 104 valence electrons. The second-order valence-corrected chi connectivity index (χ2v) is 5.11. The topological polar surface area (TPSA) is 49.5 Å². The van der Waals surface area contributed by atoms with E-state index in [4.69, 9.17) is 4.74 Å². The van der Waals surface area contributed by atoms with E-state index in [1.165, 1.54) is 0 Å². The average Bonchev–Trinajstić information content (AvgIpc) is 3.22. The van der Waals surface area contributed by atoms with Gasteiger partial charge in [0.05, 0.1) is 13.2 Å². The molecule has 1 aliphatic rings. The molecule has 1 aliphatic heterocycles. The minimum Gasteiger partial charge on any atom is -0.496 e. The molecule has 1 fully saturated rings. The Kier molecular flexibility index (Phi) is 4.10. The minimum absolute atomic E-state index is 0.127. The van der Waals surface area contributed by atoms with Crippen LogP contribution >= 0.6 is 0 Å². The number of nitrogens with zero attached hydrogens (tertiary/aromatic N) is 1. The Bertz CT molecular complexity index is 481. The normalized spacial score (nSPS) is 15.3. The number of hydrogen-bond donors (Lipinski definition) is 1. The smallest absolute Gasteiger partial charge is 0.222 e. The SMILES string of the molecule is COc1cc(C)c(C)cc1C(O)CCC(=O)N1CC1. The van der Waals surface area contributed by atoms with E-state index in [-0.39, 0.29) is 5.91 Å². The Hall–Kier alpha value is -1.55. The first-order valence-electron chi connectivity index (χ1n) is 6.64. The number of aliphatic hydroxyl groups excluding tert-OH is 1. The van der Waals surface area contributed by atoms with E-state index in [1.807, 2.05) is 26.0 Å². The number of aryl methyl sites for hydroxylation is 2. The van der Waals surface area contributed by atoms with Gasteiger partial charge in [0.25, 0.3) is 0 Å². The van der Waals surface area contributed by atoms with Crippen molar-refractivity contribution in [3.8, 4) is 5.75 Å². The summed E-state index contributed by atoms with van der Waals surface area (Å²) in [4.78, 5) is 13.4. The summed E-state index contributed by atoms with van der Waals surface area (Å²) >= 11 is 0. The standard InChI is InChI=1S/C15H21NO3/c1-10-8-12(14(19-3)9-11(10)2)13(17)4-5-15(18)16-6-7-16/h8-9,13,17H,4-7H2,1-3H3. The Morgan fingerprint density at radius 2 is 2.00 bits per heavy atom. The summed E-state index contributed by atoms with van der Waals surface area (Å²) in [6.07, 6.45) is 0.170. The van der Waals surface area contributed by atoms with Gasteiger partial charge in [0.15, 0.2) is 0 Å². The quantitative estimate of drug-likeness (QED) is 0.826. The molecule has 1 amide bonds. The van der Waals surface area contributed by atoms with E-state index in [0.717, 1.165) is 29.8 Å². The fourth-order valence-corrected chi connectivity index (χ4v) is 2.12. The van der Waals surface area contributed by atoms with Gasteiger partial charge >= 0.3 is 0 Å². The molecule has 0 aromatic heterocycles. The van der Waals surface area contributed by atoms with Crippen molar-refractivity contribution in [2.45, 2.75) is 32.8 Å². The van der Waals surface area contributed by atoms with Crippen molar-refractivity contribution >= 4 is 5.91 Å². The van der Waals surface area contributed by atoms with Crippen molar-refractivity contribution in [1.82, 2.24) is 4.90 Å². The molecule has 1 saturated heterocycles. The third-order valence-corrected chi connectivity index (χ3v) is 3.64. The number of aliphatic hydroxyl groups is 1. The first-order chi connectivity index (χ1) is 9.02. The minimum atomic E-state index is -0.654. The zero-order valence-electron chi connectivity index (χ0n) is 11.8. The van der Waals surface area contributed by atoms with Crippen LogP contribution in [0.25, 0.3) is 0 Å². The lowest BCUT2D eigenvalue weighted by Gasteiger charge is -2.16. The molecule has 4 heteroatoms. The molecule has 1 unspecified atom stereocenters. The Balaban J connectivity index is 2.06. The summed E-state index contributed by atoms with van der Waals surface area (Å²) in [5.41, 5.74) is 3.02. The predicted octanol–water partition coefficient (Wildman–Crippen LogP) is 1.97. The van der Waals surface area contributed by atoms with Crippen LogP contribution in [0, 0.1) is 13.8 Å². The predicted molar refractivity (Wildman–Crippen MR) is 73.2 cm³/mol. The van der Waals surface area contributed by atoms with Gasteiger partial charge in [-0.3, -0.25) is 4.79 Å². The van der Waals surface area contributed by atoms with Gasteiger partial charge in [0.2, 0.25) is 5.91 Å². The van der Waals surface area contributed by atoms with E-state index >= 15 is 0 Å². The fourth-order valence-electron chi connectivity index (χ4n) is 2.12. The summed E-state index contributed by atoms with van der Waals surface area (Å²) < 4.78 is 5.31. The van der Waals surface area contributed by atoms with E-state index in [0.29, 0.717) is 18.6 Å². The van der Waals surface area contributed by atoms with Crippen molar-refractivity contribution in [3.63, 3.8) is 0 Å². The highest BCUT2D eigenvalue weighted by Crippen LogP contribution is 2.31. The highest BCUT2D eigenvalue weighted by atomic mass is 16.5. The maximum atomic E-state index is 11.6. The molecule has 1 aromatic carbocycles. The molecular weight excluding hydrogens is 242 g/mol. The number of amides is 1. The van der Waals surface area contributed by atoms with Crippen LogP contribution in [-0.2, 0) is 4.79 Å². The van der Waals surface area contributed by atoms with Crippen molar-refractivity contribution < 1.29 is 14.6 Å². The van der Waals surface area contributed by atoms with Gasteiger partial charge in [-0.25, -0.2) is 0 Å². The molecule has 1 heterocycles. The summed E-state index contributed by atoms with van der Waals surface area (Å²) in [6, 6.07) is 3.88. The van der Waals surface area contributed by atoms with Gasteiger partial charge in [-0.05, 0) is 43.5 Å². The molecule has 19 heavy (non-hydrogen) atoms. The van der Waals surface area contributed by atoms with E-state index in [1.54, 1.807) is 12.0 Å². The molecule has 4 nitrogen and oxygen atoms in total. The van der Waals surface area contributed by atoms with Gasteiger partial charge in [-0.2, -0.15) is 0 Å². The van der Waals surface area contributed by atoms with Gasteiger partial charge in [0, 0.05) is 25.1 Å². The van der Waals surface area contributed by atoms with Crippen LogP contribution in [-0.4, -0.2) is 36.1 Å². The second-order valence-electron chi connectivity index (χ2n) is 5.11. The van der Waals surface area contributed by atoms with Crippen molar-refractivity contribution in [2.24, 2.45) is 0 Å². The van der Waals surface area contributed by atoms with Crippen molar-refractivity contribution in [1.29, 1.82) is 0 Å². The van der Waals surface area contributed by atoms with Gasteiger partial charge < -0.3 is 14.7 Å². The summed E-state index contributed by atoms with van der Waals surface area (Å²) in [5, 5.41) is 10.2. The van der Waals surface area contributed by atoms with E-state index in [9.17, 15) is 9.90 Å². The number of methoxy groups -OCH3 is 1. The summed E-state index contributed by atoms with van der Waals surface area (Å²) in [7, 11) is 1.60. The zero-order valence-corrected chi connectivity index (χ0v) is 11.8. The maximum Gasteiger partial charge on any atom is 0.222 e. The monoisotopic (exact) mass is 263 g/mol. The molecule has 0 aliphatic carbocycles. The van der Waals surface area contributed by atoms with Crippen LogP contribution < -0.4 is 4.74 Å². The molecule has 0 radical (unpaired) electrons. The van der Waals surface area contributed by atoms with Gasteiger partial charge in [-0.15, -0.1) is 0 Å². The highest BCUT2D eigenvalue weighted by molar-refractivity contribution is 5.78. The van der Waals surface area contributed by atoms with Gasteiger partial charge in [-0.1, -0.05) is 0 Å². The average molecular weight is 263 g/mol. The molecule has 2 rings (SSSR count). The molecule has 0 bridgehead atoms. The Morgan fingerprint density at radius 1 is 1.37 bits per heavy atom. The molecular formula is C15H21NO3. The van der Waals surface area contributed by atoms with Crippen LogP contribution in [0.15, 0.2) is 12.1 Å². The van der Waals surface area contributed by atoms with Crippen LogP contribution in [0.2, 0.25) is 0 Å². The number of ether oxygens (including phenoxy) is 1. The van der Waals surface area contributed by atoms with Crippen LogP contribution in [0.1, 0.15) is 35.6 Å². The highest BCUT2D eigenvalue weighted by Gasteiger charge is 2.25. The van der Waals surface area contributed by atoms with Gasteiger partial charge in [0.1, 0.15) is 5.75 Å². The third kappa shape index (κ3) is 3.26. The number of hydrogen-bond acceptors (Lipinski definition) is 3. The molecule has 1 N–H and O–H groups in total. The largest absolute Gasteiger partial charge is 0.496 e. The van der Waals surface area contributed by atoms with Crippen LogP contribution in [0.4, 0.5) is 0 Å². The maximum absolute atomic E-state index is 11.6. The lowest BCUT2D eigenvalue weighted by atomic mass is 9.98. The lowest BCUT2D eigenvalue weighted by Crippen LogP contribution is -2.12. The van der Waals surface area contributed by atoms with Crippen LogP contribution in [0.3, 0.4) is 0 Å². The zero-order chi connectivity index (χ0) is 14.0. The van der Waals surface area contributed by atoms with Crippen molar-refractivity contribution in [3.05, 3.63) is 28.8 Å². The van der Waals surface area contributed by atoms with E-state index in [2.05, 4.69) is 0 Å². The molecule has 0 spiro atoms. The molecule has 0 saturated carbocycles. The Morgan fingerprint density at radius 3 is 2.58 bits per heavy atom. The number of carbonyl (C=O) groups is 1. The van der Waals surface area contributed by atoms with E-state index < -0.39 is 6.10 Å². The first-order valence-corrected chi connectivity index (χ1v) is 6.64. The second kappa shape index (κ2) is 5.61. The summed E-state index contributed by atoms with van der Waals surface area (Å²) in [6.45, 7) is 5.74. The number of rotatable bonds is 5. The Labute approximate surface area is 114 Å². The number of benzene rings is 1.